The molecular weight excluding hydrogens is 256 g/mol. The maximum atomic E-state index is 8.72. The van der Waals surface area contributed by atoms with E-state index in [-0.39, 0.29) is 6.61 Å². The number of aliphatic hydroxyl groups is 1. The minimum absolute atomic E-state index is 0.118. The van der Waals surface area contributed by atoms with Gasteiger partial charge in [0.25, 0.3) is 0 Å². The molecule has 1 aromatic carbocycles. The molecule has 0 aliphatic rings. The minimum atomic E-state index is -0.118. The molecule has 0 fully saturated rings. The van der Waals surface area contributed by atoms with E-state index in [0.29, 0.717) is 6.61 Å². The van der Waals surface area contributed by atoms with Crippen LogP contribution in [0.5, 0.6) is 5.75 Å². The second-order valence-corrected chi connectivity index (χ2v) is 5.28. The van der Waals surface area contributed by atoms with E-state index in [1.54, 1.807) is 11.3 Å². The van der Waals surface area contributed by atoms with Crippen LogP contribution in [0, 0.1) is 25.7 Å². The summed E-state index contributed by atoms with van der Waals surface area (Å²) in [5.41, 5.74) is 3.30. The molecule has 0 unspecified atom stereocenters. The number of aryl methyl sites for hydroxylation is 2. The van der Waals surface area contributed by atoms with Gasteiger partial charge in [0.1, 0.15) is 19.0 Å². The van der Waals surface area contributed by atoms with Crippen molar-refractivity contribution in [3.63, 3.8) is 0 Å². The van der Waals surface area contributed by atoms with E-state index in [2.05, 4.69) is 24.8 Å². The lowest BCUT2D eigenvalue weighted by atomic mass is 10.1. The molecule has 0 amide bonds. The third kappa shape index (κ3) is 3.60. The summed E-state index contributed by atoms with van der Waals surface area (Å²) in [5, 5.41) is 10.7. The minimum Gasteiger partial charge on any atom is -0.488 e. The molecule has 1 N–H and O–H groups in total. The third-order valence-electron chi connectivity index (χ3n) is 2.74. The molecule has 2 rings (SSSR count). The fourth-order valence-corrected chi connectivity index (χ4v) is 2.54. The van der Waals surface area contributed by atoms with Crippen molar-refractivity contribution in [3.8, 4) is 17.6 Å². The van der Waals surface area contributed by atoms with Crippen molar-refractivity contribution >= 4 is 11.3 Å². The molecule has 1 aromatic heterocycles. The van der Waals surface area contributed by atoms with Gasteiger partial charge >= 0.3 is 0 Å². The molecule has 19 heavy (non-hydrogen) atoms. The van der Waals surface area contributed by atoms with E-state index < -0.39 is 0 Å². The number of ether oxygens (including phenoxy) is 1. The van der Waals surface area contributed by atoms with Gasteiger partial charge in [-0.3, -0.25) is 0 Å². The number of aliphatic hydroxyl groups excluding tert-OH is 1. The first-order valence-electron chi connectivity index (χ1n) is 6.07. The van der Waals surface area contributed by atoms with Crippen LogP contribution in [0.4, 0.5) is 0 Å². The first-order valence-corrected chi connectivity index (χ1v) is 6.95. The lowest BCUT2D eigenvalue weighted by molar-refractivity contribution is 0.307. The average molecular weight is 272 g/mol. The van der Waals surface area contributed by atoms with Crippen LogP contribution in [0.3, 0.4) is 0 Å². The standard InChI is InChI=1S/C16H16O2S/c1-12-5-6-15(13(2)10-12)18-11-16-14(4-3-8-17)7-9-19-16/h5-7,9-10,17H,8,11H2,1-2H3. The maximum absolute atomic E-state index is 8.72. The SMILES string of the molecule is Cc1ccc(OCc2sccc2C#CCO)c(C)c1. The zero-order valence-electron chi connectivity index (χ0n) is 11.1. The van der Waals surface area contributed by atoms with Gasteiger partial charge in [0.15, 0.2) is 0 Å². The molecule has 0 aliphatic heterocycles. The van der Waals surface area contributed by atoms with Crippen LogP contribution in [0.25, 0.3) is 0 Å². The average Bonchev–Trinajstić information content (AvgIpc) is 2.83. The highest BCUT2D eigenvalue weighted by Crippen LogP contribution is 2.22. The Morgan fingerprint density at radius 2 is 2.11 bits per heavy atom. The van der Waals surface area contributed by atoms with Gasteiger partial charge in [-0.2, -0.15) is 0 Å². The smallest absolute Gasteiger partial charge is 0.124 e. The molecule has 0 atom stereocenters. The summed E-state index contributed by atoms with van der Waals surface area (Å²) in [6, 6.07) is 8.10. The van der Waals surface area contributed by atoms with E-state index in [4.69, 9.17) is 9.84 Å². The molecule has 0 saturated carbocycles. The number of hydrogen-bond acceptors (Lipinski definition) is 3. The van der Waals surface area contributed by atoms with Gasteiger partial charge in [0.2, 0.25) is 0 Å². The molecule has 0 radical (unpaired) electrons. The summed E-state index contributed by atoms with van der Waals surface area (Å²) >= 11 is 1.62. The zero-order chi connectivity index (χ0) is 13.7. The van der Waals surface area contributed by atoms with Gasteiger partial charge in [-0.05, 0) is 36.9 Å². The molecule has 98 valence electrons. The summed E-state index contributed by atoms with van der Waals surface area (Å²) in [6.45, 7) is 4.51. The zero-order valence-corrected chi connectivity index (χ0v) is 11.9. The highest BCUT2D eigenvalue weighted by molar-refractivity contribution is 7.10. The fourth-order valence-electron chi connectivity index (χ4n) is 1.80. The Hall–Kier alpha value is -1.76. The molecule has 0 aliphatic carbocycles. The van der Waals surface area contributed by atoms with Crippen molar-refractivity contribution in [1.29, 1.82) is 0 Å². The molecule has 0 bridgehead atoms. The van der Waals surface area contributed by atoms with Gasteiger partial charge in [0.05, 0.1) is 4.88 Å². The van der Waals surface area contributed by atoms with Crippen molar-refractivity contribution in [2.45, 2.75) is 20.5 Å². The molecule has 2 aromatic rings. The van der Waals surface area contributed by atoms with E-state index in [1.807, 2.05) is 30.5 Å². The van der Waals surface area contributed by atoms with Crippen molar-refractivity contribution < 1.29 is 9.84 Å². The molecule has 1 heterocycles. The first-order chi connectivity index (χ1) is 9.20. The van der Waals surface area contributed by atoms with Crippen molar-refractivity contribution in [1.82, 2.24) is 0 Å². The number of rotatable bonds is 3. The third-order valence-corrected chi connectivity index (χ3v) is 3.63. The van der Waals surface area contributed by atoms with Crippen molar-refractivity contribution in [3.05, 3.63) is 51.2 Å². The molecule has 0 spiro atoms. The Morgan fingerprint density at radius 3 is 2.84 bits per heavy atom. The van der Waals surface area contributed by atoms with E-state index in [9.17, 15) is 0 Å². The summed E-state index contributed by atoms with van der Waals surface area (Å²) in [6.07, 6.45) is 0. The lowest BCUT2D eigenvalue weighted by Crippen LogP contribution is -1.97. The first kappa shape index (κ1) is 13.7. The molecule has 0 saturated heterocycles. The Labute approximate surface area is 117 Å². The summed E-state index contributed by atoms with van der Waals surface area (Å²) < 4.78 is 5.84. The van der Waals surface area contributed by atoms with Gasteiger partial charge < -0.3 is 9.84 Å². The second kappa shape index (κ2) is 6.42. The normalized spacial score (nSPS) is 9.84. The van der Waals surface area contributed by atoms with Crippen LogP contribution >= 0.6 is 11.3 Å². The van der Waals surface area contributed by atoms with Gasteiger partial charge in [0, 0.05) is 5.56 Å². The van der Waals surface area contributed by atoms with Gasteiger partial charge in [-0.1, -0.05) is 29.5 Å². The van der Waals surface area contributed by atoms with E-state index in [1.165, 1.54) is 5.56 Å². The Kier molecular flexibility index (Phi) is 4.62. The lowest BCUT2D eigenvalue weighted by Gasteiger charge is -2.09. The molecule has 3 heteroatoms. The topological polar surface area (TPSA) is 29.5 Å². The highest BCUT2D eigenvalue weighted by Gasteiger charge is 2.05. The summed E-state index contributed by atoms with van der Waals surface area (Å²) in [5.74, 6) is 6.50. The van der Waals surface area contributed by atoms with Gasteiger partial charge in [-0.25, -0.2) is 0 Å². The monoisotopic (exact) mass is 272 g/mol. The van der Waals surface area contributed by atoms with Gasteiger partial charge in [-0.15, -0.1) is 11.3 Å². The number of hydrogen-bond donors (Lipinski definition) is 1. The molecule has 2 nitrogen and oxygen atoms in total. The molecular formula is C16H16O2S. The summed E-state index contributed by atoms with van der Waals surface area (Å²) in [4.78, 5) is 1.08. The van der Waals surface area contributed by atoms with E-state index in [0.717, 1.165) is 21.8 Å². The maximum Gasteiger partial charge on any atom is 0.124 e. The predicted molar refractivity (Wildman–Crippen MR) is 78.5 cm³/mol. The van der Waals surface area contributed by atoms with Crippen LogP contribution < -0.4 is 4.74 Å². The Morgan fingerprint density at radius 1 is 1.26 bits per heavy atom. The fraction of sp³-hybridized carbons (Fsp3) is 0.250. The summed E-state index contributed by atoms with van der Waals surface area (Å²) in [7, 11) is 0. The second-order valence-electron chi connectivity index (χ2n) is 4.27. The van der Waals surface area contributed by atoms with Crippen LogP contribution in [0.15, 0.2) is 29.6 Å². The quantitative estimate of drug-likeness (QED) is 0.869. The van der Waals surface area contributed by atoms with Crippen LogP contribution in [-0.2, 0) is 6.61 Å². The van der Waals surface area contributed by atoms with Crippen LogP contribution in [-0.4, -0.2) is 11.7 Å². The Bertz CT molecular complexity index is 617. The number of benzene rings is 1. The number of thiophene rings is 1. The van der Waals surface area contributed by atoms with Crippen molar-refractivity contribution in [2.75, 3.05) is 6.61 Å². The highest BCUT2D eigenvalue weighted by atomic mass is 32.1. The Balaban J connectivity index is 2.08. The predicted octanol–water partition coefficient (Wildman–Crippen LogP) is 3.29. The van der Waals surface area contributed by atoms with Crippen molar-refractivity contribution in [2.24, 2.45) is 0 Å². The largest absolute Gasteiger partial charge is 0.488 e. The van der Waals surface area contributed by atoms with E-state index >= 15 is 0 Å². The van der Waals surface area contributed by atoms with Crippen LogP contribution in [0.1, 0.15) is 21.6 Å². The van der Waals surface area contributed by atoms with Crippen LogP contribution in [0.2, 0.25) is 0 Å².